The first kappa shape index (κ1) is 9.97. The topological polar surface area (TPSA) is 39.9 Å². The first-order valence-electron chi connectivity index (χ1n) is 5.40. The van der Waals surface area contributed by atoms with E-state index >= 15 is 0 Å². The second kappa shape index (κ2) is 4.31. The number of nitriles is 1. The largest absolute Gasteiger partial charge is 0.357 e. The molecule has 0 aromatic carbocycles. The van der Waals surface area contributed by atoms with Gasteiger partial charge in [-0.05, 0) is 25.0 Å². The van der Waals surface area contributed by atoms with E-state index in [2.05, 4.69) is 23.0 Å². The number of hydrogen-bond donors (Lipinski definition) is 0. The number of hydrogen-bond acceptors (Lipinski definition) is 3. The van der Waals surface area contributed by atoms with Crippen LogP contribution in [0.4, 0.5) is 5.82 Å². The average molecular weight is 201 g/mol. The predicted molar refractivity (Wildman–Crippen MR) is 59.6 cm³/mol. The average Bonchev–Trinajstić information content (AvgIpc) is 2.82. The minimum absolute atomic E-state index is 0.624. The number of nitrogens with zero attached hydrogens (tertiary/aromatic N) is 3. The Morgan fingerprint density at radius 3 is 2.67 bits per heavy atom. The Balaban J connectivity index is 2.11. The summed E-state index contributed by atoms with van der Waals surface area (Å²) >= 11 is 0. The number of pyridine rings is 1. The van der Waals surface area contributed by atoms with Gasteiger partial charge in [0.25, 0.3) is 0 Å². The third-order valence-electron chi connectivity index (χ3n) is 3.11. The van der Waals surface area contributed by atoms with Crippen molar-refractivity contribution in [2.75, 3.05) is 11.9 Å². The molecule has 0 aliphatic heterocycles. The molecule has 0 radical (unpaired) electrons. The van der Waals surface area contributed by atoms with Gasteiger partial charge < -0.3 is 4.90 Å². The van der Waals surface area contributed by atoms with Crippen LogP contribution in [0.3, 0.4) is 0 Å². The van der Waals surface area contributed by atoms with Gasteiger partial charge in [0.15, 0.2) is 0 Å². The second-order valence-electron chi connectivity index (χ2n) is 4.07. The van der Waals surface area contributed by atoms with Crippen LogP contribution in [0.2, 0.25) is 0 Å². The highest BCUT2D eigenvalue weighted by atomic mass is 15.2. The van der Waals surface area contributed by atoms with Crippen LogP contribution in [0.15, 0.2) is 18.3 Å². The Kier molecular flexibility index (Phi) is 2.86. The van der Waals surface area contributed by atoms with E-state index in [4.69, 9.17) is 5.26 Å². The van der Waals surface area contributed by atoms with Crippen LogP contribution < -0.4 is 4.90 Å². The normalized spacial score (nSPS) is 16.3. The van der Waals surface area contributed by atoms with Gasteiger partial charge in [0.2, 0.25) is 0 Å². The molecule has 0 bridgehead atoms. The SMILES string of the molecule is CN(c1ccc(C#N)cn1)C1CCCC1. The maximum Gasteiger partial charge on any atom is 0.128 e. The first-order valence-corrected chi connectivity index (χ1v) is 5.40. The highest BCUT2D eigenvalue weighted by Crippen LogP contribution is 2.25. The zero-order valence-corrected chi connectivity index (χ0v) is 8.98. The molecular formula is C12H15N3. The van der Waals surface area contributed by atoms with Crippen molar-refractivity contribution in [1.29, 1.82) is 5.26 Å². The van der Waals surface area contributed by atoms with Crippen molar-refractivity contribution in [3.8, 4) is 6.07 Å². The maximum atomic E-state index is 8.68. The third-order valence-corrected chi connectivity index (χ3v) is 3.11. The lowest BCUT2D eigenvalue weighted by molar-refractivity contribution is 0.646. The molecule has 1 aromatic heterocycles. The van der Waals surface area contributed by atoms with Crippen molar-refractivity contribution in [1.82, 2.24) is 4.98 Å². The van der Waals surface area contributed by atoms with Crippen LogP contribution in [0.5, 0.6) is 0 Å². The van der Waals surface area contributed by atoms with Gasteiger partial charge in [-0.1, -0.05) is 12.8 Å². The molecule has 2 rings (SSSR count). The van der Waals surface area contributed by atoms with Crippen LogP contribution in [0.1, 0.15) is 31.2 Å². The molecule has 0 unspecified atom stereocenters. The zero-order chi connectivity index (χ0) is 10.7. The van der Waals surface area contributed by atoms with E-state index in [1.165, 1.54) is 25.7 Å². The molecule has 0 atom stereocenters. The van der Waals surface area contributed by atoms with Gasteiger partial charge in [-0.15, -0.1) is 0 Å². The molecule has 1 saturated carbocycles. The Bertz CT molecular complexity index is 357. The molecule has 1 aliphatic rings. The number of anilines is 1. The maximum absolute atomic E-state index is 8.68. The molecule has 1 aliphatic carbocycles. The molecule has 0 N–H and O–H groups in total. The van der Waals surface area contributed by atoms with Crippen LogP contribution in [0, 0.1) is 11.3 Å². The fraction of sp³-hybridized carbons (Fsp3) is 0.500. The number of rotatable bonds is 2. The van der Waals surface area contributed by atoms with Gasteiger partial charge in [0.1, 0.15) is 11.9 Å². The summed E-state index contributed by atoms with van der Waals surface area (Å²) < 4.78 is 0. The van der Waals surface area contributed by atoms with Crippen molar-refractivity contribution in [2.45, 2.75) is 31.7 Å². The van der Waals surface area contributed by atoms with Gasteiger partial charge in [0, 0.05) is 19.3 Å². The smallest absolute Gasteiger partial charge is 0.128 e. The van der Waals surface area contributed by atoms with Crippen LogP contribution in [-0.4, -0.2) is 18.1 Å². The Morgan fingerprint density at radius 2 is 2.13 bits per heavy atom. The van der Waals surface area contributed by atoms with Gasteiger partial charge in [0.05, 0.1) is 5.56 Å². The molecule has 1 fully saturated rings. The highest BCUT2D eigenvalue weighted by molar-refractivity contribution is 5.42. The van der Waals surface area contributed by atoms with E-state index in [0.717, 1.165) is 5.82 Å². The van der Waals surface area contributed by atoms with Crippen molar-refractivity contribution in [3.63, 3.8) is 0 Å². The summed E-state index contributed by atoms with van der Waals surface area (Å²) in [4.78, 5) is 6.53. The monoisotopic (exact) mass is 201 g/mol. The van der Waals surface area contributed by atoms with Crippen molar-refractivity contribution < 1.29 is 0 Å². The summed E-state index contributed by atoms with van der Waals surface area (Å²) in [5.74, 6) is 0.973. The minimum atomic E-state index is 0.624. The van der Waals surface area contributed by atoms with Crippen molar-refractivity contribution >= 4 is 5.82 Å². The lowest BCUT2D eigenvalue weighted by Crippen LogP contribution is -2.29. The zero-order valence-electron chi connectivity index (χ0n) is 8.98. The van der Waals surface area contributed by atoms with Crippen molar-refractivity contribution in [2.24, 2.45) is 0 Å². The number of aromatic nitrogens is 1. The molecule has 0 saturated heterocycles. The van der Waals surface area contributed by atoms with Gasteiger partial charge in [-0.2, -0.15) is 5.26 Å². The van der Waals surface area contributed by atoms with E-state index in [1.54, 1.807) is 6.20 Å². The quantitative estimate of drug-likeness (QED) is 0.737. The van der Waals surface area contributed by atoms with Crippen LogP contribution in [-0.2, 0) is 0 Å². The summed E-state index contributed by atoms with van der Waals surface area (Å²) in [6.07, 6.45) is 6.81. The van der Waals surface area contributed by atoms with E-state index in [-0.39, 0.29) is 0 Å². The lowest BCUT2D eigenvalue weighted by atomic mass is 10.2. The van der Waals surface area contributed by atoms with Gasteiger partial charge >= 0.3 is 0 Å². The van der Waals surface area contributed by atoms with E-state index < -0.39 is 0 Å². The van der Waals surface area contributed by atoms with Crippen molar-refractivity contribution in [3.05, 3.63) is 23.9 Å². The molecule has 1 aromatic rings. The standard InChI is InChI=1S/C12H15N3/c1-15(11-4-2-3-5-11)12-7-6-10(8-13)9-14-12/h6-7,9,11H,2-5H2,1H3. The summed E-state index contributed by atoms with van der Waals surface area (Å²) in [7, 11) is 2.09. The summed E-state index contributed by atoms with van der Waals surface area (Å²) in [5.41, 5.74) is 0.624. The molecule has 1 heterocycles. The molecule has 0 amide bonds. The summed E-state index contributed by atoms with van der Waals surface area (Å²) in [6.45, 7) is 0. The predicted octanol–water partition coefficient (Wildman–Crippen LogP) is 2.33. The second-order valence-corrected chi connectivity index (χ2v) is 4.07. The first-order chi connectivity index (χ1) is 7.31. The Hall–Kier alpha value is -1.56. The van der Waals surface area contributed by atoms with E-state index in [1.807, 2.05) is 12.1 Å². The third kappa shape index (κ3) is 2.10. The Morgan fingerprint density at radius 1 is 1.40 bits per heavy atom. The summed E-state index contributed by atoms with van der Waals surface area (Å²) in [6, 6.07) is 6.47. The van der Waals surface area contributed by atoms with Gasteiger partial charge in [-0.25, -0.2) is 4.98 Å². The van der Waals surface area contributed by atoms with E-state index in [9.17, 15) is 0 Å². The molecule has 3 nitrogen and oxygen atoms in total. The minimum Gasteiger partial charge on any atom is -0.357 e. The molecule has 15 heavy (non-hydrogen) atoms. The highest BCUT2D eigenvalue weighted by Gasteiger charge is 2.20. The molecule has 0 spiro atoms. The summed E-state index contributed by atoms with van der Waals surface area (Å²) in [5, 5.41) is 8.68. The van der Waals surface area contributed by atoms with Gasteiger partial charge in [-0.3, -0.25) is 0 Å². The van der Waals surface area contributed by atoms with Crippen LogP contribution >= 0.6 is 0 Å². The fourth-order valence-electron chi connectivity index (χ4n) is 2.14. The lowest BCUT2D eigenvalue weighted by Gasteiger charge is -2.25. The molecular weight excluding hydrogens is 186 g/mol. The molecule has 3 heteroatoms. The molecule has 78 valence electrons. The van der Waals surface area contributed by atoms with E-state index in [0.29, 0.717) is 11.6 Å². The van der Waals surface area contributed by atoms with Crippen LogP contribution in [0.25, 0.3) is 0 Å². The Labute approximate surface area is 90.4 Å². The fourth-order valence-corrected chi connectivity index (χ4v) is 2.14.